The van der Waals surface area contributed by atoms with Crippen LogP contribution in [0.1, 0.15) is 31.9 Å². The highest BCUT2D eigenvalue weighted by molar-refractivity contribution is 8.00. The Morgan fingerprint density at radius 2 is 1.32 bits per heavy atom. The van der Waals surface area contributed by atoms with Crippen molar-refractivity contribution >= 4 is 127 Å². The highest BCUT2D eigenvalue weighted by Crippen LogP contribution is 2.52. The van der Waals surface area contributed by atoms with Gasteiger partial charge in [-0.3, -0.25) is 0 Å². The third-order valence-corrected chi connectivity index (χ3v) is 16.3. The molecule has 0 spiro atoms. The lowest BCUT2D eigenvalue weighted by Gasteiger charge is -2.40. The maximum atomic E-state index is 10.0. The first kappa shape index (κ1) is 37.8. The van der Waals surface area contributed by atoms with Gasteiger partial charge < -0.3 is 13.9 Å². The van der Waals surface area contributed by atoms with Gasteiger partial charge in [0.15, 0.2) is 5.58 Å². The number of hydrogen-bond acceptors (Lipinski definition) is 5. The van der Waals surface area contributed by atoms with Gasteiger partial charge in [-0.1, -0.05) is 135 Å². The second kappa shape index (κ2) is 13.8. The molecule has 0 atom stereocenters. The summed E-state index contributed by atoms with van der Waals surface area (Å²) in [5, 5.41) is 17.1. The Hall–Kier alpha value is -7.50. The van der Waals surface area contributed by atoms with E-state index in [4.69, 9.17) is 4.42 Å². The molecule has 0 amide bonds. The molecule has 0 saturated heterocycles. The van der Waals surface area contributed by atoms with Crippen LogP contribution in [0.5, 0.6) is 0 Å². The zero-order chi connectivity index (χ0) is 44.0. The number of thiophene rings is 1. The second-order valence-corrected chi connectivity index (χ2v) is 20.9. The van der Waals surface area contributed by atoms with Gasteiger partial charge in [-0.25, -0.2) is 0 Å². The van der Waals surface area contributed by atoms with E-state index in [1.54, 1.807) is 0 Å². The molecule has 0 fully saturated rings. The Kier molecular flexibility index (Phi) is 7.89. The van der Waals surface area contributed by atoms with Crippen LogP contribution in [0, 0.1) is 11.3 Å². The van der Waals surface area contributed by atoms with Crippen LogP contribution in [0.15, 0.2) is 190 Å². The van der Waals surface area contributed by atoms with Gasteiger partial charge >= 0.3 is 0 Å². The molecular formula is C59H38BN3OS2. The fraction of sp³-hybridized carbons (Fsp3) is 0.0678. The predicted molar refractivity (Wildman–Crippen MR) is 280 cm³/mol. The molecule has 66 heavy (non-hydrogen) atoms. The first-order chi connectivity index (χ1) is 32.3. The van der Waals surface area contributed by atoms with Crippen molar-refractivity contribution in [3.05, 3.63) is 187 Å². The van der Waals surface area contributed by atoms with Crippen molar-refractivity contribution in [2.45, 2.75) is 36.0 Å². The fourth-order valence-electron chi connectivity index (χ4n) is 11.0. The summed E-state index contributed by atoms with van der Waals surface area (Å²) in [4.78, 5) is 4.99. The van der Waals surface area contributed by atoms with Crippen molar-refractivity contribution < 1.29 is 4.42 Å². The molecule has 9 aromatic carbocycles. The minimum Gasteiger partial charge on any atom is -0.454 e. The highest BCUT2D eigenvalue weighted by Gasteiger charge is 2.45. The number of furan rings is 1. The van der Waals surface area contributed by atoms with E-state index in [-0.39, 0.29) is 12.1 Å². The van der Waals surface area contributed by atoms with Gasteiger partial charge in [-0.15, -0.1) is 11.3 Å². The summed E-state index contributed by atoms with van der Waals surface area (Å²) in [5.74, 6) is 0. The van der Waals surface area contributed by atoms with Crippen LogP contribution >= 0.6 is 23.1 Å². The van der Waals surface area contributed by atoms with Gasteiger partial charge in [0.05, 0.1) is 28.4 Å². The first-order valence-corrected chi connectivity index (χ1v) is 24.1. The highest BCUT2D eigenvalue weighted by atomic mass is 32.2. The van der Waals surface area contributed by atoms with Crippen molar-refractivity contribution in [1.82, 2.24) is 4.57 Å². The van der Waals surface area contributed by atoms with Crippen LogP contribution in [0.2, 0.25) is 0 Å². The number of hydrogen-bond donors (Lipinski definition) is 0. The standard InChI is InChI=1S/C59H38BN3OS2/c1-59(2,3)37-23-27-46-43(31-37)42-28-34(33-61)22-26-45(42)62(46)39-24-25-44-50(32-39)65-51-30-36(35-14-6-4-7-15-35)29-47-54(51)60(44)55-56(63(47)38-16-8-5-9-17-38)57-52(40-18-10-12-20-48(40)64-57)53-41-19-11-13-21-49(41)66-58(53)55/h4-32H,1-3H3. The van der Waals surface area contributed by atoms with E-state index < -0.39 is 0 Å². The monoisotopic (exact) mass is 879 g/mol. The molecule has 310 valence electrons. The Labute approximate surface area is 390 Å². The normalized spacial score (nSPS) is 13.2. The molecule has 14 rings (SSSR count). The summed E-state index contributed by atoms with van der Waals surface area (Å²) in [6, 6.07) is 66.5. The van der Waals surface area contributed by atoms with Crippen molar-refractivity contribution in [3.8, 4) is 22.9 Å². The number of benzene rings is 9. The van der Waals surface area contributed by atoms with E-state index >= 15 is 0 Å². The molecule has 0 saturated carbocycles. The Balaban J connectivity index is 1.11. The molecule has 4 nitrogen and oxygen atoms in total. The van der Waals surface area contributed by atoms with Crippen LogP contribution < -0.4 is 21.3 Å². The average Bonchev–Trinajstić information content (AvgIpc) is 4.03. The van der Waals surface area contributed by atoms with Crippen LogP contribution in [0.4, 0.5) is 17.1 Å². The Morgan fingerprint density at radius 1 is 0.591 bits per heavy atom. The van der Waals surface area contributed by atoms with E-state index in [1.807, 2.05) is 29.2 Å². The zero-order valence-corrected chi connectivity index (χ0v) is 38.0. The molecule has 0 radical (unpaired) electrons. The molecule has 0 N–H and O–H groups in total. The maximum absolute atomic E-state index is 10.0. The summed E-state index contributed by atoms with van der Waals surface area (Å²) >= 11 is 3.79. The first-order valence-electron chi connectivity index (χ1n) is 22.5. The number of fused-ring (bicyclic) bond motifs is 16. The third kappa shape index (κ3) is 5.28. The lowest BCUT2D eigenvalue weighted by molar-refractivity contribution is 0.591. The maximum Gasteiger partial charge on any atom is 0.251 e. The quantitative estimate of drug-likeness (QED) is 0.166. The molecule has 12 aromatic rings. The summed E-state index contributed by atoms with van der Waals surface area (Å²) in [5.41, 5.74) is 16.6. The SMILES string of the molecule is CC(C)(C)c1ccc2c(c1)c1cc(C#N)ccc1n2-c1ccc2c(c1)Sc1cc(-c3ccccc3)cc3c1B2c1c(c2oc4ccccc4c2c2c1sc1ccccc12)N3c1ccccc1. The minimum atomic E-state index is -0.0843. The number of nitriles is 1. The molecular weight excluding hydrogens is 842 g/mol. The van der Waals surface area contributed by atoms with E-state index in [2.05, 4.69) is 206 Å². The van der Waals surface area contributed by atoms with E-state index in [0.717, 1.165) is 55.4 Å². The molecule has 3 aromatic heterocycles. The van der Waals surface area contributed by atoms with Gasteiger partial charge in [0.2, 0.25) is 0 Å². The summed E-state index contributed by atoms with van der Waals surface area (Å²) < 4.78 is 12.2. The van der Waals surface area contributed by atoms with Crippen LogP contribution in [0.3, 0.4) is 0 Å². The van der Waals surface area contributed by atoms with Gasteiger partial charge in [-0.2, -0.15) is 5.26 Å². The van der Waals surface area contributed by atoms with Crippen molar-refractivity contribution in [1.29, 1.82) is 5.26 Å². The van der Waals surface area contributed by atoms with Gasteiger partial charge in [0.1, 0.15) is 5.58 Å². The number of anilines is 3. The smallest absolute Gasteiger partial charge is 0.251 e. The van der Waals surface area contributed by atoms with Crippen molar-refractivity contribution in [2.75, 3.05) is 4.90 Å². The van der Waals surface area contributed by atoms with Crippen molar-refractivity contribution in [3.63, 3.8) is 0 Å². The molecule has 0 bridgehead atoms. The number of para-hydroxylation sites is 2. The molecule has 5 heterocycles. The Bertz CT molecular complexity index is 4100. The van der Waals surface area contributed by atoms with Crippen LogP contribution in [0.25, 0.3) is 80.7 Å². The Morgan fingerprint density at radius 3 is 2.12 bits per heavy atom. The predicted octanol–water partition coefficient (Wildman–Crippen LogP) is 14.7. The minimum absolute atomic E-state index is 0.0249. The van der Waals surface area contributed by atoms with Gasteiger partial charge in [-0.05, 0) is 112 Å². The van der Waals surface area contributed by atoms with Crippen molar-refractivity contribution in [2.24, 2.45) is 0 Å². The number of rotatable bonds is 3. The lowest BCUT2D eigenvalue weighted by atomic mass is 9.34. The van der Waals surface area contributed by atoms with E-state index in [9.17, 15) is 5.26 Å². The second-order valence-electron chi connectivity index (χ2n) is 18.7. The average molecular weight is 880 g/mol. The van der Waals surface area contributed by atoms with Gasteiger partial charge in [0, 0.05) is 68.6 Å². The van der Waals surface area contributed by atoms with E-state index in [1.165, 1.54) is 74.1 Å². The lowest BCUT2D eigenvalue weighted by Crippen LogP contribution is -2.60. The summed E-state index contributed by atoms with van der Waals surface area (Å²) in [6.45, 7) is 6.69. The molecule has 0 aliphatic carbocycles. The third-order valence-electron chi connectivity index (χ3n) is 14.0. The molecule has 2 aliphatic rings. The molecule has 0 unspecified atom stereocenters. The zero-order valence-electron chi connectivity index (χ0n) is 36.4. The van der Waals surface area contributed by atoms with E-state index in [0.29, 0.717) is 5.56 Å². The van der Waals surface area contributed by atoms with Crippen LogP contribution in [-0.4, -0.2) is 11.3 Å². The fourth-order valence-corrected chi connectivity index (χ4v) is 13.5. The van der Waals surface area contributed by atoms with Gasteiger partial charge in [0.25, 0.3) is 6.71 Å². The largest absolute Gasteiger partial charge is 0.454 e. The molecule has 7 heteroatoms. The summed E-state index contributed by atoms with van der Waals surface area (Å²) in [6.07, 6.45) is 0. The number of nitrogens with zero attached hydrogens (tertiary/aromatic N) is 3. The van der Waals surface area contributed by atoms with Crippen LogP contribution in [-0.2, 0) is 5.41 Å². The molecule has 2 aliphatic heterocycles. The summed E-state index contributed by atoms with van der Waals surface area (Å²) in [7, 11) is 0. The topological polar surface area (TPSA) is 45.1 Å². The number of aromatic nitrogens is 1.